The Balaban J connectivity index is 0. The Morgan fingerprint density at radius 2 is 1.75 bits per heavy atom. The van der Waals surface area contributed by atoms with Crippen molar-refractivity contribution < 1.29 is 23.1 Å². The third kappa shape index (κ3) is 3.06. The molecule has 16 heavy (non-hydrogen) atoms. The Hall–Kier alpha value is -1.36. The molecule has 9 heteroatoms. The number of rotatable bonds is 1. The number of nitriles is 1. The van der Waals surface area contributed by atoms with Gasteiger partial charge in [-0.25, -0.2) is 8.78 Å². The topological polar surface area (TPSA) is 160 Å². The molecule has 0 amide bonds. The molecule has 1 rings (SSSR count). The second-order valence-electron chi connectivity index (χ2n) is 2.36. The fraction of sp³-hybridized carbons (Fsp3) is 0. The van der Waals surface area contributed by atoms with E-state index in [0.29, 0.717) is 12.1 Å². The molecule has 1 aromatic carbocycles. The van der Waals surface area contributed by atoms with Gasteiger partial charge in [0.2, 0.25) is 0 Å². The highest BCUT2D eigenvalue weighted by Gasteiger charge is 2.14. The summed E-state index contributed by atoms with van der Waals surface area (Å²) < 4.78 is 36.1. The zero-order chi connectivity index (χ0) is 10.9. The van der Waals surface area contributed by atoms with Crippen LogP contribution in [-0.4, -0.2) is 0 Å². The predicted molar refractivity (Wildman–Crippen MR) is 50.3 cm³/mol. The van der Waals surface area contributed by atoms with E-state index >= 15 is 0 Å². The standard InChI is InChI=1S/C7H4F2NO3P.2H3N/c8-5-1-2-6(14(11,12)13)7(9)4(5)3-10;;/h1-2H,(H2,11,12,13);2*1H3. The largest absolute Gasteiger partial charge is 0.807 e. The average molecular weight is 253 g/mol. The molecule has 6 nitrogen and oxygen atoms in total. The number of benzene rings is 1. The van der Waals surface area contributed by atoms with Crippen molar-refractivity contribution in [1.82, 2.24) is 12.3 Å². The molecule has 0 atom stereocenters. The van der Waals surface area contributed by atoms with E-state index in [9.17, 15) is 23.1 Å². The van der Waals surface area contributed by atoms with Gasteiger partial charge in [0, 0.05) is 5.30 Å². The van der Waals surface area contributed by atoms with Crippen molar-refractivity contribution in [2.45, 2.75) is 0 Å². The first-order valence-electron chi connectivity index (χ1n) is 3.28. The summed E-state index contributed by atoms with van der Waals surface area (Å²) in [5.74, 6) is -2.84. The molecule has 0 fully saturated rings. The van der Waals surface area contributed by atoms with Gasteiger partial charge < -0.3 is 26.7 Å². The molecule has 8 N–H and O–H groups in total. The highest BCUT2D eigenvalue weighted by molar-refractivity contribution is 7.57. The van der Waals surface area contributed by atoms with Gasteiger partial charge in [0.05, 0.1) is 0 Å². The van der Waals surface area contributed by atoms with Crippen LogP contribution in [-0.2, 0) is 4.57 Å². The predicted octanol–water partition coefficient (Wildman–Crippen LogP) is 0.128. The van der Waals surface area contributed by atoms with Crippen LogP contribution in [0.25, 0.3) is 0 Å². The number of hydrogen-bond donors (Lipinski definition) is 2. The van der Waals surface area contributed by atoms with Gasteiger partial charge in [-0.3, -0.25) is 0 Å². The monoisotopic (exact) mass is 253 g/mol. The highest BCUT2D eigenvalue weighted by atomic mass is 31.2. The Kier molecular flexibility index (Phi) is 6.02. The number of nitrogens with zero attached hydrogens (tertiary/aromatic N) is 1. The summed E-state index contributed by atoms with van der Waals surface area (Å²) >= 11 is 0. The van der Waals surface area contributed by atoms with Crippen LogP contribution in [0.4, 0.5) is 8.78 Å². The van der Waals surface area contributed by atoms with E-state index in [1.807, 2.05) is 0 Å². The summed E-state index contributed by atoms with van der Waals surface area (Å²) in [6.07, 6.45) is 0. The molecule has 1 aromatic rings. The smallest absolute Gasteiger partial charge is 0.152 e. The van der Waals surface area contributed by atoms with Crippen LogP contribution in [0.3, 0.4) is 0 Å². The first kappa shape index (κ1) is 17.0. The molecule has 0 spiro atoms. The van der Waals surface area contributed by atoms with Crippen LogP contribution in [0.5, 0.6) is 0 Å². The molecule has 0 heterocycles. The van der Waals surface area contributed by atoms with Gasteiger partial charge >= 0.3 is 0 Å². The van der Waals surface area contributed by atoms with Crippen molar-refractivity contribution in [3.8, 4) is 6.07 Å². The summed E-state index contributed by atoms with van der Waals surface area (Å²) in [5, 5.41) is 7.07. The second kappa shape index (κ2) is 5.65. The zero-order valence-electron chi connectivity index (χ0n) is 8.53. The van der Waals surface area contributed by atoms with Crippen LogP contribution in [0.1, 0.15) is 5.56 Å². The zero-order valence-corrected chi connectivity index (χ0v) is 9.42. The average Bonchev–Trinajstić information content (AvgIpc) is 2.02. The molecule has 0 aromatic heterocycles. The molecule has 0 aliphatic rings. The quantitative estimate of drug-likeness (QED) is 0.680. The van der Waals surface area contributed by atoms with E-state index in [0.717, 1.165) is 6.07 Å². The van der Waals surface area contributed by atoms with Gasteiger partial charge in [-0.15, -0.1) is 0 Å². The summed E-state index contributed by atoms with van der Waals surface area (Å²) in [6, 6.07) is 2.17. The van der Waals surface area contributed by atoms with E-state index < -0.39 is 30.1 Å². The minimum Gasteiger partial charge on any atom is -0.807 e. The van der Waals surface area contributed by atoms with Gasteiger partial charge in [-0.1, -0.05) is 0 Å². The molecule has 0 unspecified atom stereocenters. The van der Waals surface area contributed by atoms with Crippen molar-refractivity contribution in [3.63, 3.8) is 0 Å². The van der Waals surface area contributed by atoms with Gasteiger partial charge in [0.15, 0.2) is 5.82 Å². The molecular formula is C7H10F2N3O3P. The molecule has 0 bridgehead atoms. The first-order chi connectivity index (χ1) is 6.38. The maximum absolute atomic E-state index is 13.0. The third-order valence-electron chi connectivity index (χ3n) is 1.48. The van der Waals surface area contributed by atoms with Crippen molar-refractivity contribution >= 4 is 12.9 Å². The Morgan fingerprint density at radius 1 is 1.25 bits per heavy atom. The minimum atomic E-state index is -5.31. The Labute approximate surface area is 89.8 Å². The molecule has 0 aliphatic carbocycles. The van der Waals surface area contributed by atoms with Crippen LogP contribution < -0.4 is 27.4 Å². The maximum Gasteiger partial charge on any atom is 0.152 e. The lowest BCUT2D eigenvalue weighted by atomic mass is 10.2. The van der Waals surface area contributed by atoms with E-state index in [-0.39, 0.29) is 12.3 Å². The summed E-state index contributed by atoms with van der Waals surface area (Å²) in [5.41, 5.74) is -1.07. The highest BCUT2D eigenvalue weighted by Crippen LogP contribution is 2.25. The van der Waals surface area contributed by atoms with Crippen molar-refractivity contribution in [2.24, 2.45) is 0 Å². The van der Waals surface area contributed by atoms with Crippen molar-refractivity contribution in [2.75, 3.05) is 0 Å². The summed E-state index contributed by atoms with van der Waals surface area (Å²) in [6.45, 7) is 0. The lowest BCUT2D eigenvalue weighted by molar-refractivity contribution is -0.308. The SMILES string of the molecule is N#Cc1c(F)ccc(P(=O)([O-])[O-])c1F.[NH4+].[NH4+]. The van der Waals surface area contributed by atoms with E-state index in [4.69, 9.17) is 5.26 Å². The van der Waals surface area contributed by atoms with Crippen LogP contribution >= 0.6 is 7.60 Å². The molecular weight excluding hydrogens is 243 g/mol. The summed E-state index contributed by atoms with van der Waals surface area (Å²) in [7, 11) is -5.31. The normalized spacial score (nSPS) is 9.69. The Bertz CT molecular complexity index is 469. The molecule has 0 saturated carbocycles. The van der Waals surface area contributed by atoms with Crippen LogP contribution in [0, 0.1) is 23.0 Å². The number of quaternary nitrogens is 2. The fourth-order valence-electron chi connectivity index (χ4n) is 0.855. The first-order valence-corrected chi connectivity index (χ1v) is 4.83. The lowest BCUT2D eigenvalue weighted by Gasteiger charge is -2.30. The number of hydrogen-bond acceptors (Lipinski definition) is 4. The lowest BCUT2D eigenvalue weighted by Crippen LogP contribution is -2.28. The van der Waals surface area contributed by atoms with Gasteiger partial charge in [-0.05, 0) is 19.7 Å². The van der Waals surface area contributed by atoms with E-state index in [1.54, 1.807) is 0 Å². The second-order valence-corrected chi connectivity index (χ2v) is 3.84. The molecule has 0 saturated heterocycles. The summed E-state index contributed by atoms with van der Waals surface area (Å²) in [4.78, 5) is 20.9. The van der Waals surface area contributed by atoms with Crippen molar-refractivity contribution in [3.05, 3.63) is 29.3 Å². The molecule has 0 radical (unpaired) electrons. The number of halogens is 2. The van der Waals surface area contributed by atoms with E-state index in [1.165, 1.54) is 0 Å². The van der Waals surface area contributed by atoms with Gasteiger partial charge in [0.1, 0.15) is 17.4 Å². The van der Waals surface area contributed by atoms with Gasteiger partial charge in [0.25, 0.3) is 0 Å². The molecule has 0 aliphatic heterocycles. The molecule has 90 valence electrons. The van der Waals surface area contributed by atoms with Crippen LogP contribution in [0.2, 0.25) is 0 Å². The van der Waals surface area contributed by atoms with E-state index in [2.05, 4.69) is 0 Å². The Morgan fingerprint density at radius 3 is 2.12 bits per heavy atom. The fourth-order valence-corrected chi connectivity index (χ4v) is 1.46. The third-order valence-corrected chi connectivity index (χ3v) is 2.41. The minimum absolute atomic E-state index is 0. The van der Waals surface area contributed by atoms with Crippen LogP contribution in [0.15, 0.2) is 12.1 Å². The van der Waals surface area contributed by atoms with Gasteiger partial charge in [-0.2, -0.15) is 5.26 Å². The maximum atomic E-state index is 13.0. The van der Waals surface area contributed by atoms with Crippen molar-refractivity contribution in [1.29, 1.82) is 5.26 Å².